The first-order valence-corrected chi connectivity index (χ1v) is 15.4. The molecule has 42 heavy (non-hydrogen) atoms. The molecular formula is C31H40N6O4S. The molecule has 0 aliphatic carbocycles. The quantitative estimate of drug-likeness (QED) is 0.250. The number of benzene rings is 2. The maximum atomic E-state index is 12.8. The summed E-state index contributed by atoms with van der Waals surface area (Å²) in [6.45, 7) is 8.76. The number of piperazine rings is 1. The molecule has 2 fully saturated rings. The second-order valence-electron chi connectivity index (χ2n) is 10.3. The van der Waals surface area contributed by atoms with Crippen molar-refractivity contribution in [3.05, 3.63) is 71.4 Å². The lowest BCUT2D eigenvalue weighted by atomic mass is 10.1. The van der Waals surface area contributed by atoms with Crippen LogP contribution < -0.4 is 19.9 Å². The Morgan fingerprint density at radius 1 is 0.952 bits per heavy atom. The van der Waals surface area contributed by atoms with Crippen LogP contribution in [0.15, 0.2) is 59.8 Å². The van der Waals surface area contributed by atoms with Gasteiger partial charge in [-0.3, -0.25) is 9.69 Å². The zero-order valence-electron chi connectivity index (χ0n) is 24.5. The van der Waals surface area contributed by atoms with Crippen molar-refractivity contribution >= 4 is 29.2 Å². The van der Waals surface area contributed by atoms with E-state index < -0.39 is 0 Å². The topological polar surface area (TPSA) is 92.3 Å². The number of carbonyl (C=O) groups is 1. The van der Waals surface area contributed by atoms with Gasteiger partial charge in [0.25, 0.3) is 5.91 Å². The van der Waals surface area contributed by atoms with Crippen LogP contribution in [0.3, 0.4) is 0 Å². The molecule has 11 heteroatoms. The summed E-state index contributed by atoms with van der Waals surface area (Å²) in [6.07, 6.45) is 0. The number of hydrogen-bond acceptors (Lipinski definition) is 10. The van der Waals surface area contributed by atoms with E-state index in [4.69, 9.17) is 24.2 Å². The SMILES string of the molecule is COCc1cc(N2CCN(c3ccc(OC)cc3)CC2)nc(SCc2cccc(C(=O)NCCN3CCOCC3)c2)n1. The van der Waals surface area contributed by atoms with Crippen LogP contribution in [-0.4, -0.2) is 101 Å². The Kier molecular flexibility index (Phi) is 10.9. The van der Waals surface area contributed by atoms with Crippen LogP contribution in [0.5, 0.6) is 5.75 Å². The number of nitrogens with zero attached hydrogens (tertiary/aromatic N) is 5. The Balaban J connectivity index is 1.17. The highest BCUT2D eigenvalue weighted by Gasteiger charge is 2.20. The molecule has 1 aromatic heterocycles. The van der Waals surface area contributed by atoms with Crippen molar-refractivity contribution in [2.75, 3.05) is 89.6 Å². The van der Waals surface area contributed by atoms with E-state index >= 15 is 0 Å². The van der Waals surface area contributed by atoms with E-state index in [-0.39, 0.29) is 5.91 Å². The molecule has 2 aliphatic heterocycles. The van der Waals surface area contributed by atoms with Crippen molar-refractivity contribution in [3.63, 3.8) is 0 Å². The number of methoxy groups -OCH3 is 2. The Bertz CT molecular complexity index is 1300. The monoisotopic (exact) mass is 592 g/mol. The van der Waals surface area contributed by atoms with Gasteiger partial charge in [0.05, 0.1) is 32.6 Å². The van der Waals surface area contributed by atoms with Crippen molar-refractivity contribution in [1.82, 2.24) is 20.2 Å². The number of anilines is 2. The second-order valence-corrected chi connectivity index (χ2v) is 11.2. The minimum absolute atomic E-state index is 0.0514. The molecule has 0 spiro atoms. The van der Waals surface area contributed by atoms with E-state index in [2.05, 4.69) is 32.1 Å². The second kappa shape index (κ2) is 15.2. The molecule has 10 nitrogen and oxygen atoms in total. The lowest BCUT2D eigenvalue weighted by Crippen LogP contribution is -2.46. The summed E-state index contributed by atoms with van der Waals surface area (Å²) in [7, 11) is 3.37. The molecule has 1 N–H and O–H groups in total. The van der Waals surface area contributed by atoms with Gasteiger partial charge < -0.3 is 29.3 Å². The smallest absolute Gasteiger partial charge is 0.251 e. The molecule has 2 aromatic carbocycles. The van der Waals surface area contributed by atoms with Gasteiger partial charge in [0, 0.05) is 82.5 Å². The molecule has 0 atom stereocenters. The van der Waals surface area contributed by atoms with E-state index in [1.54, 1.807) is 26.0 Å². The van der Waals surface area contributed by atoms with E-state index in [0.29, 0.717) is 29.6 Å². The summed E-state index contributed by atoms with van der Waals surface area (Å²) >= 11 is 1.57. The van der Waals surface area contributed by atoms with Gasteiger partial charge in [-0.15, -0.1) is 0 Å². The number of aromatic nitrogens is 2. The van der Waals surface area contributed by atoms with E-state index in [0.717, 1.165) is 81.9 Å². The molecular weight excluding hydrogens is 552 g/mol. The molecule has 3 aromatic rings. The molecule has 224 valence electrons. The lowest BCUT2D eigenvalue weighted by Gasteiger charge is -2.37. The van der Waals surface area contributed by atoms with Gasteiger partial charge in [-0.2, -0.15) is 0 Å². The lowest BCUT2D eigenvalue weighted by molar-refractivity contribution is 0.0383. The normalized spacial score (nSPS) is 16.0. The van der Waals surface area contributed by atoms with Crippen LogP contribution in [0.2, 0.25) is 0 Å². The van der Waals surface area contributed by atoms with Gasteiger partial charge in [0.15, 0.2) is 5.16 Å². The van der Waals surface area contributed by atoms with E-state index in [1.807, 2.05) is 42.5 Å². The molecule has 0 radical (unpaired) electrons. The third-order valence-corrected chi connectivity index (χ3v) is 8.37. The minimum atomic E-state index is -0.0514. The zero-order chi connectivity index (χ0) is 29.1. The van der Waals surface area contributed by atoms with Crippen LogP contribution >= 0.6 is 11.8 Å². The third-order valence-electron chi connectivity index (χ3n) is 7.45. The molecule has 2 saturated heterocycles. The number of morpholine rings is 1. The Labute approximate surface area is 252 Å². The first kappa shape index (κ1) is 30.1. The molecule has 0 saturated carbocycles. The highest BCUT2D eigenvalue weighted by atomic mass is 32.2. The molecule has 5 rings (SSSR count). The highest BCUT2D eigenvalue weighted by molar-refractivity contribution is 7.98. The standard InChI is InChI=1S/C31H40N6O4S/c1-39-22-26-21-29(37-14-12-36(13-15-37)27-6-8-28(40-2)9-7-27)34-31(33-26)42-23-24-4-3-5-25(20-24)30(38)32-10-11-35-16-18-41-19-17-35/h3-9,20-21H,10-19,22-23H2,1-2H3,(H,32,38). The van der Waals surface area contributed by atoms with Gasteiger partial charge in [-0.1, -0.05) is 23.9 Å². The van der Waals surface area contributed by atoms with Gasteiger partial charge in [-0.05, 0) is 42.0 Å². The third kappa shape index (κ3) is 8.34. The highest BCUT2D eigenvalue weighted by Crippen LogP contribution is 2.26. The number of hydrogen-bond donors (Lipinski definition) is 1. The van der Waals surface area contributed by atoms with Crippen LogP contribution in [-0.2, 0) is 21.8 Å². The fraction of sp³-hybridized carbons (Fsp3) is 0.452. The Morgan fingerprint density at radius 2 is 1.71 bits per heavy atom. The fourth-order valence-corrected chi connectivity index (χ4v) is 5.91. The van der Waals surface area contributed by atoms with Crippen LogP contribution in [0.25, 0.3) is 0 Å². The van der Waals surface area contributed by atoms with E-state index in [9.17, 15) is 4.79 Å². The average Bonchev–Trinajstić information content (AvgIpc) is 3.04. The van der Waals surface area contributed by atoms with Crippen LogP contribution in [0, 0.1) is 0 Å². The average molecular weight is 593 g/mol. The van der Waals surface area contributed by atoms with Crippen molar-refractivity contribution in [2.24, 2.45) is 0 Å². The number of nitrogens with one attached hydrogen (secondary N) is 1. The van der Waals surface area contributed by atoms with Gasteiger partial charge in [0.1, 0.15) is 11.6 Å². The van der Waals surface area contributed by atoms with Crippen LogP contribution in [0.4, 0.5) is 11.5 Å². The van der Waals surface area contributed by atoms with Gasteiger partial charge >= 0.3 is 0 Å². The maximum absolute atomic E-state index is 12.8. The summed E-state index contributed by atoms with van der Waals surface area (Å²) in [4.78, 5) is 29.4. The van der Waals surface area contributed by atoms with Gasteiger partial charge in [0.2, 0.25) is 0 Å². The van der Waals surface area contributed by atoms with E-state index in [1.165, 1.54) is 5.69 Å². The zero-order valence-corrected chi connectivity index (χ0v) is 25.3. The Morgan fingerprint density at radius 3 is 2.45 bits per heavy atom. The van der Waals surface area contributed by atoms with Crippen molar-refractivity contribution in [1.29, 1.82) is 0 Å². The molecule has 2 aliphatic rings. The maximum Gasteiger partial charge on any atom is 0.251 e. The number of rotatable bonds is 12. The number of thioether (sulfide) groups is 1. The summed E-state index contributed by atoms with van der Waals surface area (Å²) in [5.41, 5.74) is 3.77. The number of ether oxygens (including phenoxy) is 3. The molecule has 3 heterocycles. The summed E-state index contributed by atoms with van der Waals surface area (Å²) < 4.78 is 16.1. The summed E-state index contributed by atoms with van der Waals surface area (Å²) in [5, 5.41) is 3.76. The van der Waals surface area contributed by atoms with Crippen molar-refractivity contribution in [3.8, 4) is 5.75 Å². The van der Waals surface area contributed by atoms with Gasteiger partial charge in [-0.25, -0.2) is 9.97 Å². The Hall–Kier alpha value is -3.38. The van der Waals surface area contributed by atoms with Crippen molar-refractivity contribution < 1.29 is 19.0 Å². The first-order chi connectivity index (χ1) is 20.6. The molecule has 0 unspecified atom stereocenters. The first-order valence-electron chi connectivity index (χ1n) is 14.4. The molecule has 1 amide bonds. The largest absolute Gasteiger partial charge is 0.497 e. The van der Waals surface area contributed by atoms with Crippen molar-refractivity contribution in [2.45, 2.75) is 17.5 Å². The minimum Gasteiger partial charge on any atom is -0.497 e. The van der Waals surface area contributed by atoms with Crippen LogP contribution in [0.1, 0.15) is 21.6 Å². The number of amides is 1. The summed E-state index contributed by atoms with van der Waals surface area (Å²) in [5.74, 6) is 2.39. The predicted molar refractivity (Wildman–Crippen MR) is 166 cm³/mol. The predicted octanol–water partition coefficient (Wildman–Crippen LogP) is 3.31. The molecule has 0 bridgehead atoms. The summed E-state index contributed by atoms with van der Waals surface area (Å²) in [6, 6.07) is 18.0. The fourth-order valence-electron chi connectivity index (χ4n) is 5.10. The number of carbonyl (C=O) groups excluding carboxylic acids is 1.